The van der Waals surface area contributed by atoms with Crippen LogP contribution >= 0.6 is 0 Å². The molecule has 1 amide bonds. The van der Waals surface area contributed by atoms with Crippen molar-refractivity contribution in [3.63, 3.8) is 0 Å². The van der Waals surface area contributed by atoms with Crippen molar-refractivity contribution in [2.75, 3.05) is 5.32 Å². The van der Waals surface area contributed by atoms with Crippen LogP contribution in [0.2, 0.25) is 0 Å². The number of nitrogens with one attached hydrogen (secondary N) is 1. The number of amides is 1. The van der Waals surface area contributed by atoms with E-state index >= 15 is 0 Å². The van der Waals surface area contributed by atoms with Crippen LogP contribution < -0.4 is 10.9 Å². The lowest BCUT2D eigenvalue weighted by atomic mass is 10.1. The van der Waals surface area contributed by atoms with Gasteiger partial charge in [-0.3, -0.25) is 14.2 Å². The normalized spacial score (nSPS) is 10.9. The zero-order chi connectivity index (χ0) is 21.1. The Hall–Kier alpha value is -3.80. The lowest BCUT2D eigenvalue weighted by molar-refractivity contribution is -0.115. The Morgan fingerprint density at radius 3 is 2.47 bits per heavy atom. The second-order valence-electron chi connectivity index (χ2n) is 7.23. The highest BCUT2D eigenvalue weighted by Crippen LogP contribution is 2.22. The first kappa shape index (κ1) is 19.5. The van der Waals surface area contributed by atoms with Gasteiger partial charge >= 0.3 is 0 Å². The number of aryl methyl sites for hydroxylation is 1. The molecule has 0 spiro atoms. The highest BCUT2D eigenvalue weighted by molar-refractivity contribution is 5.89. The monoisotopic (exact) mass is 398 g/mol. The Kier molecular flexibility index (Phi) is 5.39. The summed E-state index contributed by atoms with van der Waals surface area (Å²) in [6.45, 7) is 4.30. The third-order valence-electron chi connectivity index (χ3n) is 4.98. The SMILES string of the molecule is CCC(=O)Nc1ccc(-c2ccc3ncn(Cc4ccc(C)cc4)c(=O)c3c2)cn1. The number of rotatable bonds is 5. The summed E-state index contributed by atoms with van der Waals surface area (Å²) in [5, 5.41) is 3.29. The second-order valence-corrected chi connectivity index (χ2v) is 7.23. The Balaban J connectivity index is 1.66. The molecule has 0 saturated heterocycles. The van der Waals surface area contributed by atoms with Crippen LogP contribution in [-0.2, 0) is 11.3 Å². The first-order valence-electron chi connectivity index (χ1n) is 9.84. The number of anilines is 1. The molecular formula is C24H22N4O2. The zero-order valence-electron chi connectivity index (χ0n) is 16.9. The van der Waals surface area contributed by atoms with Crippen LogP contribution in [0.4, 0.5) is 5.82 Å². The number of nitrogens with zero attached hydrogens (tertiary/aromatic N) is 3. The van der Waals surface area contributed by atoms with E-state index in [1.807, 2.05) is 55.5 Å². The van der Waals surface area contributed by atoms with Gasteiger partial charge in [-0.1, -0.05) is 42.8 Å². The van der Waals surface area contributed by atoms with Gasteiger partial charge in [0.1, 0.15) is 5.82 Å². The van der Waals surface area contributed by atoms with Crippen molar-refractivity contribution in [1.82, 2.24) is 14.5 Å². The Morgan fingerprint density at radius 1 is 1.00 bits per heavy atom. The number of carbonyl (C=O) groups is 1. The van der Waals surface area contributed by atoms with Crippen LogP contribution in [0.3, 0.4) is 0 Å². The van der Waals surface area contributed by atoms with Crippen molar-refractivity contribution in [2.45, 2.75) is 26.8 Å². The fraction of sp³-hybridized carbons (Fsp3) is 0.167. The van der Waals surface area contributed by atoms with Crippen molar-refractivity contribution in [3.8, 4) is 11.1 Å². The van der Waals surface area contributed by atoms with Gasteiger partial charge in [0.25, 0.3) is 5.56 Å². The molecule has 0 saturated carbocycles. The molecular weight excluding hydrogens is 376 g/mol. The largest absolute Gasteiger partial charge is 0.311 e. The smallest absolute Gasteiger partial charge is 0.261 e. The van der Waals surface area contributed by atoms with E-state index in [0.717, 1.165) is 16.7 Å². The van der Waals surface area contributed by atoms with Crippen LogP contribution in [0.5, 0.6) is 0 Å². The van der Waals surface area contributed by atoms with E-state index in [1.54, 1.807) is 30.1 Å². The van der Waals surface area contributed by atoms with Gasteiger partial charge in [0.15, 0.2) is 0 Å². The summed E-state index contributed by atoms with van der Waals surface area (Å²) in [5.74, 6) is 0.426. The minimum absolute atomic E-state index is 0.0813. The van der Waals surface area contributed by atoms with Gasteiger partial charge < -0.3 is 5.32 Å². The van der Waals surface area contributed by atoms with Gasteiger partial charge in [-0.05, 0) is 42.3 Å². The molecule has 0 atom stereocenters. The number of aromatic nitrogens is 3. The molecule has 0 aliphatic rings. The average Bonchev–Trinajstić information content (AvgIpc) is 2.77. The fourth-order valence-electron chi connectivity index (χ4n) is 3.21. The number of carbonyl (C=O) groups excluding carboxylic acids is 1. The maximum absolute atomic E-state index is 13.1. The van der Waals surface area contributed by atoms with E-state index < -0.39 is 0 Å². The van der Waals surface area contributed by atoms with Gasteiger partial charge in [-0.15, -0.1) is 0 Å². The Labute approximate surface area is 174 Å². The number of hydrogen-bond donors (Lipinski definition) is 1. The predicted octanol–water partition coefficient (Wildman–Crippen LogP) is 4.16. The van der Waals surface area contributed by atoms with Crippen molar-refractivity contribution in [2.24, 2.45) is 0 Å². The zero-order valence-corrected chi connectivity index (χ0v) is 16.9. The van der Waals surface area contributed by atoms with Crippen LogP contribution in [0.25, 0.3) is 22.0 Å². The summed E-state index contributed by atoms with van der Waals surface area (Å²) in [7, 11) is 0. The van der Waals surface area contributed by atoms with E-state index in [9.17, 15) is 9.59 Å². The fourth-order valence-corrected chi connectivity index (χ4v) is 3.21. The molecule has 2 heterocycles. The molecule has 0 fully saturated rings. The number of fused-ring (bicyclic) bond motifs is 1. The van der Waals surface area contributed by atoms with E-state index in [-0.39, 0.29) is 11.5 Å². The third kappa shape index (κ3) is 4.12. The van der Waals surface area contributed by atoms with E-state index in [4.69, 9.17) is 0 Å². The second kappa shape index (κ2) is 8.29. The topological polar surface area (TPSA) is 76.9 Å². The molecule has 0 radical (unpaired) electrons. The van der Waals surface area contributed by atoms with E-state index in [2.05, 4.69) is 15.3 Å². The number of benzene rings is 2. The van der Waals surface area contributed by atoms with Crippen LogP contribution in [-0.4, -0.2) is 20.4 Å². The molecule has 1 N–H and O–H groups in total. The first-order valence-corrected chi connectivity index (χ1v) is 9.84. The molecule has 0 unspecified atom stereocenters. The molecule has 6 nitrogen and oxygen atoms in total. The molecule has 0 aliphatic heterocycles. The molecule has 0 bridgehead atoms. The van der Waals surface area contributed by atoms with Crippen LogP contribution in [0.15, 0.2) is 71.9 Å². The van der Waals surface area contributed by atoms with E-state index in [1.165, 1.54) is 5.56 Å². The average molecular weight is 398 g/mol. The first-order chi connectivity index (χ1) is 14.5. The van der Waals surface area contributed by atoms with Gasteiger partial charge in [0, 0.05) is 18.2 Å². The van der Waals surface area contributed by atoms with Gasteiger partial charge in [0.2, 0.25) is 5.91 Å². The molecule has 4 rings (SSSR count). The standard InChI is InChI=1S/C24H22N4O2/c1-3-23(29)27-22-11-9-19(13-25-22)18-8-10-21-20(12-18)24(30)28(15-26-21)14-17-6-4-16(2)5-7-17/h4-13,15H,3,14H2,1-2H3,(H,25,27,29). The molecule has 6 heteroatoms. The summed E-state index contributed by atoms with van der Waals surface area (Å²) in [4.78, 5) is 33.3. The van der Waals surface area contributed by atoms with Crippen molar-refractivity contribution >= 4 is 22.6 Å². The number of hydrogen-bond acceptors (Lipinski definition) is 4. The maximum atomic E-state index is 13.1. The van der Waals surface area contributed by atoms with Crippen molar-refractivity contribution in [3.05, 3.63) is 88.6 Å². The summed E-state index contributed by atoms with van der Waals surface area (Å²) < 4.78 is 1.62. The molecule has 0 aliphatic carbocycles. The lowest BCUT2D eigenvalue weighted by Gasteiger charge is -2.09. The van der Waals surface area contributed by atoms with Gasteiger partial charge in [0.05, 0.1) is 23.8 Å². The summed E-state index contributed by atoms with van der Waals surface area (Å²) >= 11 is 0. The van der Waals surface area contributed by atoms with E-state index in [0.29, 0.717) is 29.7 Å². The van der Waals surface area contributed by atoms with Crippen LogP contribution in [0.1, 0.15) is 24.5 Å². The highest BCUT2D eigenvalue weighted by atomic mass is 16.1. The van der Waals surface area contributed by atoms with Gasteiger partial charge in [-0.2, -0.15) is 0 Å². The van der Waals surface area contributed by atoms with Crippen molar-refractivity contribution < 1.29 is 4.79 Å². The minimum atomic E-state index is -0.0823. The predicted molar refractivity (Wildman–Crippen MR) is 118 cm³/mol. The minimum Gasteiger partial charge on any atom is -0.311 e. The Bertz CT molecular complexity index is 1260. The highest BCUT2D eigenvalue weighted by Gasteiger charge is 2.08. The Morgan fingerprint density at radius 2 is 1.77 bits per heavy atom. The molecule has 2 aromatic heterocycles. The summed E-state index contributed by atoms with van der Waals surface area (Å²) in [6.07, 6.45) is 3.68. The molecule has 30 heavy (non-hydrogen) atoms. The number of pyridine rings is 1. The van der Waals surface area contributed by atoms with Crippen LogP contribution in [0, 0.1) is 6.92 Å². The third-order valence-corrected chi connectivity index (χ3v) is 4.98. The lowest BCUT2D eigenvalue weighted by Crippen LogP contribution is -2.21. The van der Waals surface area contributed by atoms with Crippen molar-refractivity contribution in [1.29, 1.82) is 0 Å². The summed E-state index contributed by atoms with van der Waals surface area (Å²) in [6, 6.07) is 17.3. The molecule has 2 aromatic carbocycles. The van der Waals surface area contributed by atoms with Gasteiger partial charge in [-0.25, -0.2) is 9.97 Å². The maximum Gasteiger partial charge on any atom is 0.261 e. The molecule has 150 valence electrons. The summed E-state index contributed by atoms with van der Waals surface area (Å²) in [5.41, 5.74) is 4.54. The quantitative estimate of drug-likeness (QED) is 0.548. The molecule has 4 aromatic rings.